The van der Waals surface area contributed by atoms with Gasteiger partial charge in [0.1, 0.15) is 0 Å². The minimum absolute atomic E-state index is 0. The summed E-state index contributed by atoms with van der Waals surface area (Å²) >= 11 is 2.02. The monoisotopic (exact) mass is 453 g/mol. The molecule has 1 aliphatic rings. The van der Waals surface area contributed by atoms with Crippen molar-refractivity contribution < 1.29 is 9.50 Å². The predicted molar refractivity (Wildman–Crippen MR) is 106 cm³/mol. The molecule has 0 radical (unpaired) electrons. The fourth-order valence-electron chi connectivity index (χ4n) is 2.69. The summed E-state index contributed by atoms with van der Waals surface area (Å²) in [5.41, 5.74) is 0.768. The number of hydrogen-bond acceptors (Lipinski definition) is 3. The Balaban J connectivity index is 0.00000264. The molecule has 3 N–H and O–H groups in total. The van der Waals surface area contributed by atoms with Crippen LogP contribution in [0.3, 0.4) is 0 Å². The van der Waals surface area contributed by atoms with E-state index in [1.165, 1.54) is 18.6 Å². The number of hydrogen-bond donors (Lipinski definition) is 3. The van der Waals surface area contributed by atoms with Crippen molar-refractivity contribution in [2.75, 3.05) is 12.8 Å². The van der Waals surface area contributed by atoms with Gasteiger partial charge in [-0.3, -0.25) is 4.99 Å². The number of aliphatic imine (C=N–C) groups is 1. The van der Waals surface area contributed by atoms with Crippen LogP contribution in [0.1, 0.15) is 31.7 Å². The second kappa shape index (κ2) is 10.2. The first kappa shape index (κ1) is 20.3. The molecule has 0 spiro atoms. The second-order valence-electron chi connectivity index (χ2n) is 5.44. The van der Waals surface area contributed by atoms with Gasteiger partial charge in [-0.25, -0.2) is 4.39 Å². The summed E-state index contributed by atoms with van der Waals surface area (Å²) < 4.78 is 13.3. The SMILES string of the molecule is CCSC1CCC(NC(=NC)NCc2ccc(O)c(F)c2)C1.I. The number of phenols is 1. The van der Waals surface area contributed by atoms with E-state index < -0.39 is 5.82 Å². The van der Waals surface area contributed by atoms with Gasteiger partial charge in [-0.1, -0.05) is 13.0 Å². The zero-order valence-corrected chi connectivity index (χ0v) is 16.7. The molecule has 0 aromatic heterocycles. The number of nitrogens with zero attached hydrogens (tertiary/aromatic N) is 1. The van der Waals surface area contributed by atoms with Crippen LogP contribution < -0.4 is 10.6 Å². The maximum Gasteiger partial charge on any atom is 0.191 e. The first-order valence-electron chi connectivity index (χ1n) is 7.68. The highest BCUT2D eigenvalue weighted by Gasteiger charge is 2.25. The van der Waals surface area contributed by atoms with Crippen LogP contribution in [-0.4, -0.2) is 35.2 Å². The molecule has 2 atom stereocenters. The lowest BCUT2D eigenvalue weighted by Gasteiger charge is -2.17. The zero-order chi connectivity index (χ0) is 15.9. The zero-order valence-electron chi connectivity index (χ0n) is 13.5. The molecule has 4 nitrogen and oxygen atoms in total. The van der Waals surface area contributed by atoms with Crippen LogP contribution in [0.4, 0.5) is 4.39 Å². The summed E-state index contributed by atoms with van der Waals surface area (Å²) in [7, 11) is 1.74. The number of rotatable bonds is 5. The van der Waals surface area contributed by atoms with Gasteiger partial charge in [-0.15, -0.1) is 24.0 Å². The summed E-state index contributed by atoms with van der Waals surface area (Å²) in [5.74, 6) is 0.978. The fourth-order valence-corrected chi connectivity index (χ4v) is 3.83. The summed E-state index contributed by atoms with van der Waals surface area (Å²) in [6, 6.07) is 4.85. The number of phenolic OH excluding ortho intramolecular Hbond substituents is 1. The lowest BCUT2D eigenvalue weighted by molar-refractivity contribution is 0.431. The van der Waals surface area contributed by atoms with E-state index in [0.717, 1.165) is 35.4 Å². The van der Waals surface area contributed by atoms with Crippen LogP contribution in [0.2, 0.25) is 0 Å². The second-order valence-corrected chi connectivity index (χ2v) is 7.02. The van der Waals surface area contributed by atoms with E-state index in [2.05, 4.69) is 22.5 Å². The van der Waals surface area contributed by atoms with E-state index >= 15 is 0 Å². The van der Waals surface area contributed by atoms with Crippen LogP contribution in [0, 0.1) is 5.82 Å². The molecule has 7 heteroatoms. The van der Waals surface area contributed by atoms with E-state index in [4.69, 9.17) is 0 Å². The fraction of sp³-hybridized carbons (Fsp3) is 0.562. The maximum atomic E-state index is 13.3. The van der Waals surface area contributed by atoms with Gasteiger partial charge in [0.15, 0.2) is 17.5 Å². The third-order valence-electron chi connectivity index (χ3n) is 3.82. The molecule has 1 aliphatic carbocycles. The Morgan fingerprint density at radius 1 is 1.43 bits per heavy atom. The molecular formula is C16H25FIN3OS. The van der Waals surface area contributed by atoms with E-state index in [-0.39, 0.29) is 29.7 Å². The van der Waals surface area contributed by atoms with Crippen molar-refractivity contribution in [3.63, 3.8) is 0 Å². The molecule has 0 saturated heterocycles. The van der Waals surface area contributed by atoms with Gasteiger partial charge in [0, 0.05) is 24.9 Å². The van der Waals surface area contributed by atoms with E-state index in [1.807, 2.05) is 11.8 Å². The molecule has 1 aromatic carbocycles. The molecule has 1 saturated carbocycles. The molecule has 23 heavy (non-hydrogen) atoms. The lowest BCUT2D eigenvalue weighted by Crippen LogP contribution is -2.42. The Kier molecular flexibility index (Phi) is 9.04. The highest BCUT2D eigenvalue weighted by atomic mass is 127. The average molecular weight is 453 g/mol. The van der Waals surface area contributed by atoms with E-state index in [1.54, 1.807) is 13.1 Å². The minimum Gasteiger partial charge on any atom is -0.505 e. The predicted octanol–water partition coefficient (Wildman–Crippen LogP) is 3.49. The smallest absolute Gasteiger partial charge is 0.191 e. The first-order valence-corrected chi connectivity index (χ1v) is 8.73. The Morgan fingerprint density at radius 3 is 2.87 bits per heavy atom. The molecule has 2 rings (SSSR count). The molecule has 0 bridgehead atoms. The number of nitrogens with one attached hydrogen (secondary N) is 2. The molecule has 0 aliphatic heterocycles. The van der Waals surface area contributed by atoms with Crippen LogP contribution in [0.5, 0.6) is 5.75 Å². The number of benzene rings is 1. The van der Waals surface area contributed by atoms with Gasteiger partial charge in [0.2, 0.25) is 0 Å². The Hall–Kier alpha value is -0.700. The molecule has 1 fully saturated rings. The van der Waals surface area contributed by atoms with Gasteiger partial charge >= 0.3 is 0 Å². The largest absolute Gasteiger partial charge is 0.505 e. The first-order chi connectivity index (χ1) is 10.6. The van der Waals surface area contributed by atoms with E-state index in [9.17, 15) is 9.50 Å². The van der Waals surface area contributed by atoms with Crippen molar-refractivity contribution in [3.8, 4) is 5.75 Å². The van der Waals surface area contributed by atoms with Crippen molar-refractivity contribution in [3.05, 3.63) is 29.6 Å². The molecule has 0 heterocycles. The number of thioether (sulfide) groups is 1. The van der Waals surface area contributed by atoms with Crippen LogP contribution in [0.25, 0.3) is 0 Å². The normalized spacial score (nSPS) is 20.9. The minimum atomic E-state index is -0.600. The quantitative estimate of drug-likeness (QED) is 0.363. The molecular weight excluding hydrogens is 428 g/mol. The Labute approximate surface area is 158 Å². The molecule has 0 amide bonds. The van der Waals surface area contributed by atoms with Gasteiger partial charge in [0.05, 0.1) is 0 Å². The lowest BCUT2D eigenvalue weighted by atomic mass is 10.2. The van der Waals surface area contributed by atoms with E-state index in [0.29, 0.717) is 12.6 Å². The van der Waals surface area contributed by atoms with Gasteiger partial charge in [0.25, 0.3) is 0 Å². The maximum absolute atomic E-state index is 13.3. The molecule has 1 aromatic rings. The van der Waals surface area contributed by atoms with Crippen LogP contribution in [-0.2, 0) is 6.54 Å². The third kappa shape index (κ3) is 6.37. The third-order valence-corrected chi connectivity index (χ3v) is 5.06. The highest BCUT2D eigenvalue weighted by molar-refractivity contribution is 14.0. The number of guanidine groups is 1. The standard InChI is InChI=1S/C16H24FN3OS.HI/c1-3-22-13-6-5-12(9-13)20-16(18-2)19-10-11-4-7-15(21)14(17)8-11;/h4,7-8,12-13,21H,3,5-6,9-10H2,1-2H3,(H2,18,19,20);1H. The van der Waals surface area contributed by atoms with Crippen LogP contribution >= 0.6 is 35.7 Å². The van der Waals surface area contributed by atoms with Gasteiger partial charge < -0.3 is 15.7 Å². The summed E-state index contributed by atoms with van der Waals surface area (Å²) in [6.07, 6.45) is 3.57. The number of halogens is 2. The molecule has 130 valence electrons. The summed E-state index contributed by atoms with van der Waals surface area (Å²) in [5, 5.41) is 16.6. The van der Waals surface area contributed by atoms with Crippen molar-refractivity contribution in [2.45, 2.75) is 44.0 Å². The summed E-state index contributed by atoms with van der Waals surface area (Å²) in [6.45, 7) is 2.67. The van der Waals surface area contributed by atoms with Crippen molar-refractivity contribution in [1.82, 2.24) is 10.6 Å². The summed E-state index contributed by atoms with van der Waals surface area (Å²) in [4.78, 5) is 4.22. The van der Waals surface area contributed by atoms with Gasteiger partial charge in [-0.05, 0) is 42.7 Å². The molecule has 2 unspecified atom stereocenters. The van der Waals surface area contributed by atoms with Gasteiger partial charge in [-0.2, -0.15) is 11.8 Å². The Morgan fingerprint density at radius 2 is 2.22 bits per heavy atom. The van der Waals surface area contributed by atoms with Crippen molar-refractivity contribution in [2.24, 2.45) is 4.99 Å². The number of aromatic hydroxyl groups is 1. The topological polar surface area (TPSA) is 56.7 Å². The average Bonchev–Trinajstić information content (AvgIpc) is 2.94. The van der Waals surface area contributed by atoms with Crippen molar-refractivity contribution in [1.29, 1.82) is 0 Å². The van der Waals surface area contributed by atoms with Crippen LogP contribution in [0.15, 0.2) is 23.2 Å². The highest BCUT2D eigenvalue weighted by Crippen LogP contribution is 2.29. The van der Waals surface area contributed by atoms with Crippen molar-refractivity contribution >= 4 is 41.7 Å². The Bertz CT molecular complexity index is 530.